The molecule has 0 radical (unpaired) electrons. The van der Waals surface area contributed by atoms with Crippen molar-refractivity contribution in [2.45, 2.75) is 61.8 Å². The van der Waals surface area contributed by atoms with E-state index in [2.05, 4.69) is 0 Å². The van der Waals surface area contributed by atoms with E-state index in [9.17, 15) is 13.2 Å². The molecule has 5 saturated carbocycles. The van der Waals surface area contributed by atoms with Gasteiger partial charge in [-0.1, -0.05) is 0 Å². The topological polar surface area (TPSA) is 72.9 Å². The number of carbonyl (C=O) groups excluding carboxylic acids is 1. The van der Waals surface area contributed by atoms with Crippen molar-refractivity contribution >= 4 is 27.4 Å². The highest BCUT2D eigenvalue weighted by atomic mass is 35.5. The van der Waals surface area contributed by atoms with Gasteiger partial charge in [-0.3, -0.25) is 4.79 Å². The van der Waals surface area contributed by atoms with Crippen LogP contribution in [0.1, 0.15) is 66.8 Å². The first-order chi connectivity index (χ1) is 16.2. The number of hydrogen-bond donors (Lipinski definition) is 0. The van der Waals surface area contributed by atoms with E-state index in [-0.39, 0.29) is 35.5 Å². The second-order valence-corrected chi connectivity index (χ2v) is 13.8. The molecule has 2 atom stereocenters. The second-order valence-electron chi connectivity index (χ2n) is 11.0. The maximum absolute atomic E-state index is 15.2. The molecule has 1 aromatic rings. The lowest BCUT2D eigenvalue weighted by Gasteiger charge is -2.57. The fourth-order valence-electron chi connectivity index (χ4n) is 6.98. The van der Waals surface area contributed by atoms with Gasteiger partial charge in [0.25, 0.3) is 0 Å². The van der Waals surface area contributed by atoms with Gasteiger partial charge in [0, 0.05) is 24.0 Å². The lowest BCUT2D eigenvalue weighted by molar-refractivity contribution is -0.0700. The highest BCUT2D eigenvalue weighted by Crippen LogP contribution is 2.59. The highest BCUT2D eigenvalue weighted by molar-refractivity contribution is 7.89. The molecule has 2 unspecified atom stereocenters. The van der Waals surface area contributed by atoms with E-state index >= 15 is 4.39 Å². The molecule has 9 heteroatoms. The molecule has 4 bridgehead atoms. The molecule has 1 saturated heterocycles. The van der Waals surface area contributed by atoms with Crippen molar-refractivity contribution in [1.29, 1.82) is 0 Å². The third-order valence-electron chi connectivity index (χ3n) is 8.47. The summed E-state index contributed by atoms with van der Waals surface area (Å²) in [5, 5.41) is 0. The summed E-state index contributed by atoms with van der Waals surface area (Å²) in [6.07, 6.45) is 7.19. The SMILES string of the molecule is O=C(CS(=O)(=O)N1CCOCC1)c1cc(C2CC2)c(OC2C3CC4CC2CC(Cl)(C4)C3)cc1F. The number of nitrogens with zero attached hydrogens (tertiary/aromatic N) is 1. The molecule has 6 aliphatic rings. The number of halogens is 2. The third-order valence-corrected chi connectivity index (χ3v) is 10.7. The molecule has 6 fully saturated rings. The summed E-state index contributed by atoms with van der Waals surface area (Å²) < 4.78 is 53.6. The molecule has 0 aromatic heterocycles. The van der Waals surface area contributed by atoms with Gasteiger partial charge in [-0.05, 0) is 80.2 Å². The highest BCUT2D eigenvalue weighted by Gasteiger charge is 2.56. The number of morpholine rings is 1. The number of ketones is 1. The van der Waals surface area contributed by atoms with Gasteiger partial charge in [0.1, 0.15) is 23.4 Å². The Morgan fingerprint density at radius 3 is 2.44 bits per heavy atom. The number of benzene rings is 1. The standard InChI is InChI=1S/C25H31ClFNO5S/c26-25-11-15-7-17(12-25)24(18(8-15)13-25)33-23-10-21(27)20(9-19(23)16-1-2-16)22(29)14-34(30,31)28-3-5-32-6-4-28/h9-10,15-18,24H,1-8,11-14H2. The van der Waals surface area contributed by atoms with Crippen molar-refractivity contribution in [1.82, 2.24) is 4.31 Å². The van der Waals surface area contributed by atoms with Crippen molar-refractivity contribution in [2.75, 3.05) is 32.1 Å². The van der Waals surface area contributed by atoms with Crippen LogP contribution in [0.3, 0.4) is 0 Å². The van der Waals surface area contributed by atoms with Crippen LogP contribution in [-0.4, -0.2) is 61.5 Å². The molecule has 0 N–H and O–H groups in total. The van der Waals surface area contributed by atoms with Crippen molar-refractivity contribution in [3.05, 3.63) is 29.1 Å². The maximum Gasteiger partial charge on any atom is 0.221 e. The maximum atomic E-state index is 15.2. The van der Waals surface area contributed by atoms with Gasteiger partial charge in [0.2, 0.25) is 10.0 Å². The van der Waals surface area contributed by atoms with Crippen molar-refractivity contribution in [2.24, 2.45) is 17.8 Å². The number of rotatable bonds is 7. The minimum atomic E-state index is -3.82. The largest absolute Gasteiger partial charge is 0.489 e. The normalized spacial score (nSPS) is 35.5. The van der Waals surface area contributed by atoms with Crippen molar-refractivity contribution in [3.63, 3.8) is 0 Å². The number of sulfonamides is 1. The summed E-state index contributed by atoms with van der Waals surface area (Å²) in [6.45, 7) is 1.03. The first kappa shape index (κ1) is 23.2. The van der Waals surface area contributed by atoms with Crippen LogP contribution in [0.4, 0.5) is 4.39 Å². The Morgan fingerprint density at radius 1 is 1.15 bits per heavy atom. The summed E-state index contributed by atoms with van der Waals surface area (Å²) in [5.41, 5.74) is 0.679. The molecule has 6 nitrogen and oxygen atoms in total. The monoisotopic (exact) mass is 511 g/mol. The Morgan fingerprint density at radius 2 is 1.82 bits per heavy atom. The van der Waals surface area contributed by atoms with Crippen LogP contribution in [0.15, 0.2) is 12.1 Å². The summed E-state index contributed by atoms with van der Waals surface area (Å²) >= 11 is 6.87. The Bertz CT molecular complexity index is 1080. The fourth-order valence-corrected chi connectivity index (χ4v) is 8.97. The molecule has 5 aliphatic carbocycles. The third kappa shape index (κ3) is 4.29. The first-order valence-corrected chi connectivity index (χ1v) is 14.5. The predicted octanol–water partition coefficient (Wildman–Crippen LogP) is 4.11. The molecular formula is C25H31ClFNO5S. The molecule has 0 amide bonds. The van der Waals surface area contributed by atoms with Crippen LogP contribution >= 0.6 is 11.6 Å². The first-order valence-electron chi connectivity index (χ1n) is 12.5. The second kappa shape index (κ2) is 8.43. The van der Waals surface area contributed by atoms with Gasteiger partial charge in [-0.2, -0.15) is 4.31 Å². The van der Waals surface area contributed by atoms with Gasteiger partial charge in [-0.25, -0.2) is 12.8 Å². The lowest BCUT2D eigenvalue weighted by atomic mass is 9.54. The Labute approximate surface area is 205 Å². The Hall–Kier alpha value is -1.22. The van der Waals surface area contributed by atoms with Crippen LogP contribution in [0.5, 0.6) is 5.75 Å². The Balaban J connectivity index is 1.24. The van der Waals surface area contributed by atoms with Crippen LogP contribution in [0.25, 0.3) is 0 Å². The summed E-state index contributed by atoms with van der Waals surface area (Å²) in [5.74, 6) is 0.0408. The minimum Gasteiger partial charge on any atom is -0.489 e. The van der Waals surface area contributed by atoms with E-state index in [0.29, 0.717) is 36.7 Å². The summed E-state index contributed by atoms with van der Waals surface area (Å²) in [7, 11) is -3.82. The van der Waals surface area contributed by atoms with Gasteiger partial charge in [-0.15, -0.1) is 11.6 Å². The van der Waals surface area contributed by atoms with Crippen LogP contribution < -0.4 is 4.74 Å². The zero-order chi connectivity index (χ0) is 23.7. The van der Waals surface area contributed by atoms with E-state index in [1.165, 1.54) is 10.4 Å². The van der Waals surface area contributed by atoms with E-state index in [1.54, 1.807) is 6.07 Å². The number of hydrogen-bond acceptors (Lipinski definition) is 5. The molecule has 1 aromatic carbocycles. The fraction of sp³-hybridized carbons (Fsp3) is 0.720. The summed E-state index contributed by atoms with van der Waals surface area (Å²) in [6, 6.07) is 2.88. The average Bonchev–Trinajstić information content (AvgIpc) is 3.61. The van der Waals surface area contributed by atoms with E-state index < -0.39 is 27.4 Å². The van der Waals surface area contributed by atoms with Gasteiger partial charge >= 0.3 is 0 Å². The average molecular weight is 512 g/mol. The van der Waals surface area contributed by atoms with Gasteiger partial charge in [0.15, 0.2) is 5.78 Å². The molecular weight excluding hydrogens is 481 g/mol. The smallest absolute Gasteiger partial charge is 0.221 e. The van der Waals surface area contributed by atoms with Crippen molar-refractivity contribution in [3.8, 4) is 5.75 Å². The zero-order valence-corrected chi connectivity index (χ0v) is 20.8. The number of carbonyl (C=O) groups is 1. The molecule has 1 aliphatic heterocycles. The number of Topliss-reactive ketones (excluding diaryl/α,β-unsaturated/α-hetero) is 1. The van der Waals surface area contributed by atoms with Crippen LogP contribution in [-0.2, 0) is 14.8 Å². The molecule has 186 valence electrons. The molecule has 0 spiro atoms. The van der Waals surface area contributed by atoms with E-state index in [1.807, 2.05) is 0 Å². The quantitative estimate of drug-likeness (QED) is 0.407. The van der Waals surface area contributed by atoms with Crippen molar-refractivity contribution < 1.29 is 27.1 Å². The van der Waals surface area contributed by atoms with Crippen LogP contribution in [0, 0.1) is 23.6 Å². The lowest BCUT2D eigenvalue weighted by Crippen LogP contribution is -2.56. The number of ether oxygens (including phenoxy) is 2. The zero-order valence-electron chi connectivity index (χ0n) is 19.2. The van der Waals surface area contributed by atoms with E-state index in [0.717, 1.165) is 50.5 Å². The van der Waals surface area contributed by atoms with E-state index in [4.69, 9.17) is 21.1 Å². The van der Waals surface area contributed by atoms with Crippen LogP contribution in [0.2, 0.25) is 0 Å². The predicted molar refractivity (Wildman–Crippen MR) is 125 cm³/mol. The minimum absolute atomic E-state index is 0.0311. The molecule has 34 heavy (non-hydrogen) atoms. The summed E-state index contributed by atoms with van der Waals surface area (Å²) in [4.78, 5) is 12.8. The number of alkyl halides is 1. The van der Waals surface area contributed by atoms with Gasteiger partial charge < -0.3 is 9.47 Å². The van der Waals surface area contributed by atoms with Gasteiger partial charge in [0.05, 0.1) is 18.8 Å². The Kier molecular flexibility index (Phi) is 5.75. The molecule has 7 rings (SSSR count). The molecule has 1 heterocycles.